The average Bonchev–Trinajstić information content (AvgIpc) is 3.38. The summed E-state index contributed by atoms with van der Waals surface area (Å²) in [5.74, 6) is -0.0199. The van der Waals surface area contributed by atoms with Crippen molar-refractivity contribution < 1.29 is 13.2 Å². The standard InChI is InChI=1S/C20H27N3O3S2/c1-14(2)21-20(24)19-18(16-7-3-4-8-17(16)27-19)15-9-12-23(13-15)28(25,26)22-10-5-6-11-22/h3-4,7-8,14-15H,5-6,9-13H2,1-2H3,(H,21,24)/t15-/m0/s1. The molecule has 1 N–H and O–H groups in total. The maximum atomic E-state index is 13.0. The molecule has 3 heterocycles. The van der Waals surface area contributed by atoms with Crippen LogP contribution < -0.4 is 5.32 Å². The number of benzene rings is 1. The zero-order valence-corrected chi connectivity index (χ0v) is 18.0. The molecule has 2 aliphatic heterocycles. The first-order valence-electron chi connectivity index (χ1n) is 9.95. The van der Waals surface area contributed by atoms with Crippen LogP contribution in [0.5, 0.6) is 0 Å². The van der Waals surface area contributed by atoms with E-state index >= 15 is 0 Å². The Hall–Kier alpha value is -1.48. The van der Waals surface area contributed by atoms with Crippen LogP contribution >= 0.6 is 11.3 Å². The molecule has 4 rings (SSSR count). The van der Waals surface area contributed by atoms with Crippen molar-refractivity contribution >= 4 is 37.5 Å². The van der Waals surface area contributed by atoms with Gasteiger partial charge in [-0.1, -0.05) is 18.2 Å². The fourth-order valence-electron chi connectivity index (χ4n) is 4.22. The van der Waals surface area contributed by atoms with E-state index in [0.29, 0.717) is 26.2 Å². The molecule has 2 aromatic rings. The Balaban J connectivity index is 1.66. The molecule has 0 aliphatic carbocycles. The Morgan fingerprint density at radius 1 is 1.14 bits per heavy atom. The van der Waals surface area contributed by atoms with E-state index in [9.17, 15) is 13.2 Å². The highest BCUT2D eigenvalue weighted by atomic mass is 32.2. The van der Waals surface area contributed by atoms with Gasteiger partial charge in [0, 0.05) is 42.8 Å². The third kappa shape index (κ3) is 3.58. The van der Waals surface area contributed by atoms with E-state index in [1.165, 1.54) is 11.3 Å². The maximum absolute atomic E-state index is 13.0. The van der Waals surface area contributed by atoms with Gasteiger partial charge in [0.1, 0.15) is 0 Å². The highest BCUT2D eigenvalue weighted by molar-refractivity contribution is 7.86. The van der Waals surface area contributed by atoms with Crippen molar-refractivity contribution in [2.75, 3.05) is 26.2 Å². The molecule has 2 fully saturated rings. The van der Waals surface area contributed by atoms with Crippen molar-refractivity contribution in [1.29, 1.82) is 0 Å². The summed E-state index contributed by atoms with van der Waals surface area (Å²) in [5.41, 5.74) is 1.01. The van der Waals surface area contributed by atoms with Crippen LogP contribution in [0.15, 0.2) is 24.3 Å². The summed E-state index contributed by atoms with van der Waals surface area (Å²) in [6.07, 6.45) is 2.62. The minimum absolute atomic E-state index is 0.0430. The molecule has 1 aromatic heterocycles. The van der Waals surface area contributed by atoms with E-state index in [-0.39, 0.29) is 17.9 Å². The van der Waals surface area contributed by atoms with Crippen molar-refractivity contribution in [3.05, 3.63) is 34.7 Å². The minimum Gasteiger partial charge on any atom is -0.349 e. The molecule has 1 aromatic carbocycles. The van der Waals surface area contributed by atoms with E-state index in [1.54, 1.807) is 8.61 Å². The highest BCUT2D eigenvalue weighted by Crippen LogP contribution is 2.41. The Morgan fingerprint density at radius 3 is 2.57 bits per heavy atom. The molecule has 152 valence electrons. The van der Waals surface area contributed by atoms with Crippen LogP contribution in [0.4, 0.5) is 0 Å². The smallest absolute Gasteiger partial charge is 0.281 e. The lowest BCUT2D eigenvalue weighted by Gasteiger charge is -2.23. The second kappa shape index (κ2) is 7.74. The predicted octanol–water partition coefficient (Wildman–Crippen LogP) is 3.17. The van der Waals surface area contributed by atoms with Crippen LogP contribution in [0.1, 0.15) is 54.3 Å². The van der Waals surface area contributed by atoms with Gasteiger partial charge in [-0.05, 0) is 50.1 Å². The number of nitrogens with one attached hydrogen (secondary N) is 1. The zero-order valence-electron chi connectivity index (χ0n) is 16.3. The van der Waals surface area contributed by atoms with E-state index < -0.39 is 10.2 Å². The first-order chi connectivity index (χ1) is 13.4. The molecule has 8 heteroatoms. The van der Waals surface area contributed by atoms with E-state index in [0.717, 1.165) is 39.8 Å². The summed E-state index contributed by atoms with van der Waals surface area (Å²) >= 11 is 1.50. The number of amides is 1. The van der Waals surface area contributed by atoms with Gasteiger partial charge in [0.2, 0.25) is 0 Å². The molecule has 28 heavy (non-hydrogen) atoms. The number of fused-ring (bicyclic) bond motifs is 1. The van der Waals surface area contributed by atoms with E-state index in [2.05, 4.69) is 5.32 Å². The number of nitrogens with zero attached hydrogens (tertiary/aromatic N) is 2. The molecule has 6 nitrogen and oxygen atoms in total. The Morgan fingerprint density at radius 2 is 1.86 bits per heavy atom. The van der Waals surface area contributed by atoms with Crippen molar-refractivity contribution in [3.8, 4) is 0 Å². The second-order valence-electron chi connectivity index (χ2n) is 7.93. The van der Waals surface area contributed by atoms with Gasteiger partial charge < -0.3 is 5.32 Å². The van der Waals surface area contributed by atoms with Gasteiger partial charge in [-0.3, -0.25) is 4.79 Å². The fourth-order valence-corrected chi connectivity index (χ4v) is 7.17. The minimum atomic E-state index is -3.40. The summed E-state index contributed by atoms with van der Waals surface area (Å²) in [5, 5.41) is 4.08. The van der Waals surface area contributed by atoms with Crippen LogP contribution in [-0.2, 0) is 10.2 Å². The first kappa shape index (κ1) is 19.8. The van der Waals surface area contributed by atoms with Crippen molar-refractivity contribution in [2.45, 2.75) is 45.1 Å². The monoisotopic (exact) mass is 421 g/mol. The Kier molecular flexibility index (Phi) is 5.48. The molecule has 0 saturated carbocycles. The number of carbonyl (C=O) groups excluding carboxylic acids is 1. The molecule has 2 saturated heterocycles. The maximum Gasteiger partial charge on any atom is 0.281 e. The molecule has 0 bridgehead atoms. The van der Waals surface area contributed by atoms with Gasteiger partial charge in [0.25, 0.3) is 16.1 Å². The summed E-state index contributed by atoms with van der Waals surface area (Å²) in [4.78, 5) is 13.6. The van der Waals surface area contributed by atoms with E-state index in [1.807, 2.05) is 38.1 Å². The lowest BCUT2D eigenvalue weighted by atomic mass is 9.95. The van der Waals surface area contributed by atoms with Gasteiger partial charge in [-0.2, -0.15) is 17.0 Å². The van der Waals surface area contributed by atoms with Gasteiger partial charge in [0.05, 0.1) is 4.88 Å². The van der Waals surface area contributed by atoms with Gasteiger partial charge in [-0.25, -0.2) is 0 Å². The SMILES string of the molecule is CC(C)NC(=O)c1sc2ccccc2c1[C@H]1CCN(S(=O)(=O)N2CCCC2)C1. The highest BCUT2D eigenvalue weighted by Gasteiger charge is 2.39. The van der Waals surface area contributed by atoms with Crippen molar-refractivity contribution in [3.63, 3.8) is 0 Å². The van der Waals surface area contributed by atoms with E-state index in [4.69, 9.17) is 0 Å². The quantitative estimate of drug-likeness (QED) is 0.806. The second-order valence-corrected chi connectivity index (χ2v) is 10.9. The number of hydrogen-bond donors (Lipinski definition) is 1. The van der Waals surface area contributed by atoms with Crippen LogP contribution in [0, 0.1) is 0 Å². The van der Waals surface area contributed by atoms with Crippen LogP contribution in [0.2, 0.25) is 0 Å². The third-order valence-electron chi connectivity index (χ3n) is 5.54. The largest absolute Gasteiger partial charge is 0.349 e. The summed E-state index contributed by atoms with van der Waals surface area (Å²) in [6.45, 7) is 6.09. The molecule has 0 unspecified atom stereocenters. The third-order valence-corrected chi connectivity index (χ3v) is 8.72. The fraction of sp³-hybridized carbons (Fsp3) is 0.550. The summed E-state index contributed by atoms with van der Waals surface area (Å²) in [6, 6.07) is 8.09. The average molecular weight is 422 g/mol. The molecular weight excluding hydrogens is 394 g/mol. The predicted molar refractivity (Wildman–Crippen MR) is 113 cm³/mol. The summed E-state index contributed by atoms with van der Waals surface area (Å²) < 4.78 is 30.2. The molecule has 0 radical (unpaired) electrons. The molecule has 1 amide bonds. The number of rotatable bonds is 5. The Labute approximate surface area is 170 Å². The molecule has 0 spiro atoms. The molecule has 1 atom stereocenters. The van der Waals surface area contributed by atoms with Crippen LogP contribution in [0.3, 0.4) is 0 Å². The molecular formula is C20H27N3O3S2. The van der Waals surface area contributed by atoms with Gasteiger partial charge in [0.15, 0.2) is 0 Å². The number of thiophene rings is 1. The van der Waals surface area contributed by atoms with Crippen LogP contribution in [0.25, 0.3) is 10.1 Å². The van der Waals surface area contributed by atoms with Crippen molar-refractivity contribution in [1.82, 2.24) is 13.9 Å². The van der Waals surface area contributed by atoms with Crippen LogP contribution in [-0.4, -0.2) is 55.2 Å². The normalized spacial score (nSPS) is 21.8. The van der Waals surface area contributed by atoms with Gasteiger partial charge in [-0.15, -0.1) is 11.3 Å². The lowest BCUT2D eigenvalue weighted by Crippen LogP contribution is -2.41. The summed E-state index contributed by atoms with van der Waals surface area (Å²) in [7, 11) is -3.40. The van der Waals surface area contributed by atoms with Crippen molar-refractivity contribution in [2.24, 2.45) is 0 Å². The molecule has 2 aliphatic rings. The van der Waals surface area contributed by atoms with Gasteiger partial charge >= 0.3 is 0 Å². The zero-order chi connectivity index (χ0) is 19.9. The number of carbonyl (C=O) groups is 1. The topological polar surface area (TPSA) is 69.7 Å². The lowest BCUT2D eigenvalue weighted by molar-refractivity contribution is 0.0946. The number of hydrogen-bond acceptors (Lipinski definition) is 4. The Bertz CT molecular complexity index is 978. The first-order valence-corrected chi connectivity index (χ1v) is 12.2.